The summed E-state index contributed by atoms with van der Waals surface area (Å²) < 4.78 is 5.44. The Morgan fingerprint density at radius 2 is 1.89 bits per heavy atom. The van der Waals surface area contributed by atoms with E-state index in [-0.39, 0.29) is 0 Å². The minimum Gasteiger partial charge on any atom is -0.381 e. The first-order chi connectivity index (χ1) is 9.33. The third-order valence-corrected chi connectivity index (χ3v) is 4.71. The molecule has 2 saturated heterocycles. The Balaban J connectivity index is 1.51. The van der Waals surface area contributed by atoms with Gasteiger partial charge in [-0.15, -0.1) is 0 Å². The third kappa shape index (κ3) is 3.69. The fraction of sp³-hybridized carbons (Fsp3) is 0.933. The molecule has 1 saturated carbocycles. The SMILES string of the molecule is O=C(CC1CCNCC1)N(CC1CCOC1)C1CC1. The highest BCUT2D eigenvalue weighted by atomic mass is 16.5. The first-order valence-electron chi connectivity index (χ1n) is 7.91. The maximum Gasteiger partial charge on any atom is 0.223 e. The molecular weight excluding hydrogens is 240 g/mol. The topological polar surface area (TPSA) is 41.6 Å². The summed E-state index contributed by atoms with van der Waals surface area (Å²) in [4.78, 5) is 14.7. The van der Waals surface area contributed by atoms with Crippen molar-refractivity contribution in [2.45, 2.75) is 44.6 Å². The van der Waals surface area contributed by atoms with Gasteiger partial charge in [-0.3, -0.25) is 4.79 Å². The number of nitrogens with zero attached hydrogens (tertiary/aromatic N) is 1. The van der Waals surface area contributed by atoms with E-state index in [0.717, 1.165) is 58.5 Å². The minimum absolute atomic E-state index is 0.404. The molecule has 2 aliphatic heterocycles. The van der Waals surface area contributed by atoms with Crippen LogP contribution >= 0.6 is 0 Å². The molecule has 1 atom stereocenters. The van der Waals surface area contributed by atoms with Gasteiger partial charge in [-0.1, -0.05) is 0 Å². The van der Waals surface area contributed by atoms with Crippen LogP contribution in [0.25, 0.3) is 0 Å². The standard InChI is InChI=1S/C15H26N2O2/c18-15(9-12-3-6-16-7-4-12)17(14-1-2-14)10-13-5-8-19-11-13/h12-14,16H,1-11H2. The predicted octanol–water partition coefficient (Wildman–Crippen LogP) is 1.40. The minimum atomic E-state index is 0.404. The maximum absolute atomic E-state index is 12.5. The van der Waals surface area contributed by atoms with Gasteiger partial charge in [0.1, 0.15) is 0 Å². The number of amides is 1. The van der Waals surface area contributed by atoms with Crippen LogP contribution in [0, 0.1) is 11.8 Å². The Morgan fingerprint density at radius 1 is 1.11 bits per heavy atom. The molecule has 0 bridgehead atoms. The van der Waals surface area contributed by atoms with E-state index in [0.29, 0.717) is 23.8 Å². The van der Waals surface area contributed by atoms with Crippen LogP contribution in [0.3, 0.4) is 0 Å². The molecule has 2 heterocycles. The molecule has 0 aromatic heterocycles. The van der Waals surface area contributed by atoms with Gasteiger partial charge in [-0.25, -0.2) is 0 Å². The van der Waals surface area contributed by atoms with Crippen molar-refractivity contribution in [1.82, 2.24) is 10.2 Å². The summed E-state index contributed by atoms with van der Waals surface area (Å²) in [5, 5.41) is 3.37. The largest absolute Gasteiger partial charge is 0.381 e. The highest BCUT2D eigenvalue weighted by molar-refractivity contribution is 5.77. The van der Waals surface area contributed by atoms with Crippen LogP contribution in [0.1, 0.15) is 38.5 Å². The van der Waals surface area contributed by atoms with Crippen molar-refractivity contribution in [3.63, 3.8) is 0 Å². The number of hydrogen-bond acceptors (Lipinski definition) is 3. The van der Waals surface area contributed by atoms with Crippen molar-refractivity contribution >= 4 is 5.91 Å². The molecule has 3 rings (SSSR count). The molecule has 3 aliphatic rings. The Morgan fingerprint density at radius 3 is 2.53 bits per heavy atom. The number of carbonyl (C=O) groups is 1. The molecule has 1 aliphatic carbocycles. The average molecular weight is 266 g/mol. The molecule has 1 unspecified atom stereocenters. The number of hydrogen-bond donors (Lipinski definition) is 1. The second kappa shape index (κ2) is 6.23. The van der Waals surface area contributed by atoms with Gasteiger partial charge in [-0.05, 0) is 51.1 Å². The molecule has 1 amide bonds. The van der Waals surface area contributed by atoms with E-state index in [4.69, 9.17) is 4.74 Å². The Labute approximate surface area is 115 Å². The summed E-state index contributed by atoms with van der Waals surface area (Å²) in [6.07, 6.45) is 6.65. The van der Waals surface area contributed by atoms with E-state index in [1.807, 2.05) is 0 Å². The van der Waals surface area contributed by atoms with Gasteiger partial charge in [0, 0.05) is 31.5 Å². The maximum atomic E-state index is 12.5. The van der Waals surface area contributed by atoms with Crippen LogP contribution in [0.2, 0.25) is 0 Å². The number of nitrogens with one attached hydrogen (secondary N) is 1. The van der Waals surface area contributed by atoms with E-state index in [1.165, 1.54) is 12.8 Å². The molecule has 0 aromatic carbocycles. The normalized spacial score (nSPS) is 28.5. The highest BCUT2D eigenvalue weighted by Crippen LogP contribution is 2.30. The van der Waals surface area contributed by atoms with Gasteiger partial charge in [0.05, 0.1) is 6.61 Å². The number of piperidine rings is 1. The van der Waals surface area contributed by atoms with Crippen molar-refractivity contribution in [3.8, 4) is 0 Å². The molecule has 4 nitrogen and oxygen atoms in total. The zero-order chi connectivity index (χ0) is 13.1. The van der Waals surface area contributed by atoms with Crippen molar-refractivity contribution in [2.24, 2.45) is 11.8 Å². The lowest BCUT2D eigenvalue weighted by Crippen LogP contribution is -2.39. The summed E-state index contributed by atoms with van der Waals surface area (Å²) in [5.74, 6) is 1.59. The zero-order valence-corrected chi connectivity index (χ0v) is 11.8. The van der Waals surface area contributed by atoms with Crippen molar-refractivity contribution in [1.29, 1.82) is 0 Å². The van der Waals surface area contributed by atoms with E-state index in [9.17, 15) is 4.79 Å². The van der Waals surface area contributed by atoms with Gasteiger partial charge < -0.3 is 15.0 Å². The second-order valence-electron chi connectivity index (χ2n) is 6.40. The third-order valence-electron chi connectivity index (χ3n) is 4.71. The van der Waals surface area contributed by atoms with E-state index < -0.39 is 0 Å². The van der Waals surface area contributed by atoms with Gasteiger partial charge in [0.15, 0.2) is 0 Å². The van der Waals surface area contributed by atoms with Crippen LogP contribution in [0.5, 0.6) is 0 Å². The summed E-state index contributed by atoms with van der Waals surface area (Å²) in [7, 11) is 0. The fourth-order valence-electron chi connectivity index (χ4n) is 3.30. The second-order valence-corrected chi connectivity index (χ2v) is 6.40. The van der Waals surface area contributed by atoms with Gasteiger partial charge in [0.2, 0.25) is 5.91 Å². The first-order valence-corrected chi connectivity index (χ1v) is 7.91. The molecule has 0 radical (unpaired) electrons. The Hall–Kier alpha value is -0.610. The summed E-state index contributed by atoms with van der Waals surface area (Å²) in [6, 6.07) is 0.551. The molecule has 4 heteroatoms. The van der Waals surface area contributed by atoms with Gasteiger partial charge in [0.25, 0.3) is 0 Å². The molecule has 0 spiro atoms. The number of carbonyl (C=O) groups excluding carboxylic acids is 1. The van der Waals surface area contributed by atoms with Gasteiger partial charge in [-0.2, -0.15) is 0 Å². The van der Waals surface area contributed by atoms with E-state index in [2.05, 4.69) is 10.2 Å². The fourth-order valence-corrected chi connectivity index (χ4v) is 3.30. The summed E-state index contributed by atoms with van der Waals surface area (Å²) in [6.45, 7) is 4.83. The lowest BCUT2D eigenvalue weighted by atomic mass is 9.94. The Bertz CT molecular complexity index is 305. The van der Waals surface area contributed by atoms with Crippen LogP contribution in [0.15, 0.2) is 0 Å². The Kier molecular flexibility index (Phi) is 4.38. The lowest BCUT2D eigenvalue weighted by Gasteiger charge is -2.28. The molecule has 108 valence electrons. The molecule has 19 heavy (non-hydrogen) atoms. The van der Waals surface area contributed by atoms with Crippen LogP contribution in [0.4, 0.5) is 0 Å². The molecule has 0 aromatic rings. The first kappa shape index (κ1) is 13.4. The van der Waals surface area contributed by atoms with Crippen molar-refractivity contribution in [2.75, 3.05) is 32.8 Å². The smallest absolute Gasteiger partial charge is 0.223 e. The van der Waals surface area contributed by atoms with Crippen LogP contribution in [-0.4, -0.2) is 49.7 Å². The summed E-state index contributed by atoms with van der Waals surface area (Å²) in [5.41, 5.74) is 0. The monoisotopic (exact) mass is 266 g/mol. The van der Waals surface area contributed by atoms with Crippen molar-refractivity contribution < 1.29 is 9.53 Å². The molecule has 3 fully saturated rings. The number of ether oxygens (including phenoxy) is 1. The van der Waals surface area contributed by atoms with E-state index in [1.54, 1.807) is 0 Å². The van der Waals surface area contributed by atoms with Gasteiger partial charge >= 0.3 is 0 Å². The predicted molar refractivity (Wildman–Crippen MR) is 73.9 cm³/mol. The molecular formula is C15H26N2O2. The molecule has 1 N–H and O–H groups in total. The van der Waals surface area contributed by atoms with Crippen LogP contribution < -0.4 is 5.32 Å². The number of rotatable bonds is 5. The highest BCUT2D eigenvalue weighted by Gasteiger charge is 2.35. The zero-order valence-electron chi connectivity index (χ0n) is 11.8. The average Bonchev–Trinajstić information content (AvgIpc) is 3.14. The van der Waals surface area contributed by atoms with Crippen molar-refractivity contribution in [3.05, 3.63) is 0 Å². The van der Waals surface area contributed by atoms with E-state index >= 15 is 0 Å². The van der Waals surface area contributed by atoms with Crippen LogP contribution in [-0.2, 0) is 9.53 Å². The quantitative estimate of drug-likeness (QED) is 0.818. The summed E-state index contributed by atoms with van der Waals surface area (Å²) >= 11 is 0. The lowest BCUT2D eigenvalue weighted by molar-refractivity contribution is -0.133.